The molecule has 1 saturated heterocycles. The Hall–Kier alpha value is -2.26. The van der Waals surface area contributed by atoms with Gasteiger partial charge < -0.3 is 9.88 Å². The zero-order chi connectivity index (χ0) is 17.2. The lowest BCUT2D eigenvalue weighted by Crippen LogP contribution is -2.30. The number of amides is 1. The first-order chi connectivity index (χ1) is 12.2. The highest BCUT2D eigenvalue weighted by Gasteiger charge is 2.30. The van der Waals surface area contributed by atoms with Crippen LogP contribution in [0.2, 0.25) is 5.02 Å². The topological polar surface area (TPSA) is 36.1 Å². The van der Waals surface area contributed by atoms with E-state index in [0.717, 1.165) is 41.9 Å². The van der Waals surface area contributed by atoms with Crippen molar-refractivity contribution in [3.8, 4) is 0 Å². The molecule has 1 unspecified atom stereocenters. The Kier molecular flexibility index (Phi) is 4.50. The van der Waals surface area contributed by atoms with Crippen LogP contribution in [0.15, 0.2) is 54.7 Å². The molecule has 2 heterocycles. The van der Waals surface area contributed by atoms with Crippen molar-refractivity contribution in [3.05, 3.63) is 70.9 Å². The molecule has 0 radical (unpaired) electrons. The van der Waals surface area contributed by atoms with Gasteiger partial charge in [-0.3, -0.25) is 4.79 Å². The fourth-order valence-corrected chi connectivity index (χ4v) is 4.12. The molecule has 1 aliphatic heterocycles. The van der Waals surface area contributed by atoms with Crippen molar-refractivity contribution >= 4 is 28.4 Å². The molecular formula is C21H21ClN2O. The van der Waals surface area contributed by atoms with Crippen molar-refractivity contribution in [2.75, 3.05) is 6.54 Å². The Morgan fingerprint density at radius 2 is 1.96 bits per heavy atom. The first kappa shape index (κ1) is 16.2. The zero-order valence-electron chi connectivity index (χ0n) is 14.0. The lowest BCUT2D eigenvalue weighted by atomic mass is 10.0. The summed E-state index contributed by atoms with van der Waals surface area (Å²) in [4.78, 5) is 18.1. The van der Waals surface area contributed by atoms with Gasteiger partial charge in [0.15, 0.2) is 0 Å². The van der Waals surface area contributed by atoms with Gasteiger partial charge in [0.05, 0.1) is 6.04 Å². The minimum Gasteiger partial charge on any atom is -0.361 e. The van der Waals surface area contributed by atoms with Crippen LogP contribution in [-0.4, -0.2) is 22.3 Å². The summed E-state index contributed by atoms with van der Waals surface area (Å²) < 4.78 is 0. The Balaban J connectivity index is 1.48. The number of hydrogen-bond donors (Lipinski definition) is 1. The fourth-order valence-electron chi connectivity index (χ4n) is 3.86. The van der Waals surface area contributed by atoms with E-state index < -0.39 is 0 Å². The summed E-state index contributed by atoms with van der Waals surface area (Å²) in [7, 11) is 0. The van der Waals surface area contributed by atoms with Gasteiger partial charge in [-0.05, 0) is 42.5 Å². The normalized spacial score (nSPS) is 17.3. The number of aromatic amines is 1. The number of nitrogens with one attached hydrogen (secondary N) is 1. The number of fused-ring (bicyclic) bond motifs is 1. The number of halogens is 1. The molecule has 4 heteroatoms. The van der Waals surface area contributed by atoms with Crippen LogP contribution in [0.4, 0.5) is 0 Å². The van der Waals surface area contributed by atoms with Crippen molar-refractivity contribution < 1.29 is 4.79 Å². The number of likely N-dealkylation sites (tertiary alicyclic amines) is 1. The lowest BCUT2D eigenvalue weighted by Gasteiger charge is -2.26. The van der Waals surface area contributed by atoms with Gasteiger partial charge in [-0.1, -0.05) is 48.0 Å². The number of H-pyrrole nitrogens is 1. The molecule has 1 aliphatic rings. The van der Waals surface area contributed by atoms with Crippen molar-refractivity contribution in [2.24, 2.45) is 0 Å². The Bertz CT molecular complexity index is 902. The summed E-state index contributed by atoms with van der Waals surface area (Å²) in [6, 6.07) is 16.2. The Morgan fingerprint density at radius 1 is 1.16 bits per heavy atom. The molecule has 3 nitrogen and oxygen atoms in total. The van der Waals surface area contributed by atoms with Gasteiger partial charge in [0, 0.05) is 35.1 Å². The highest BCUT2D eigenvalue weighted by molar-refractivity contribution is 6.31. The summed E-state index contributed by atoms with van der Waals surface area (Å²) >= 11 is 6.36. The number of aryl methyl sites for hydroxylation is 1. The zero-order valence-corrected chi connectivity index (χ0v) is 14.8. The van der Waals surface area contributed by atoms with Crippen LogP contribution in [0.3, 0.4) is 0 Å². The van der Waals surface area contributed by atoms with Gasteiger partial charge in [0.25, 0.3) is 0 Å². The predicted octanol–water partition coefficient (Wildman–Crippen LogP) is 5.12. The van der Waals surface area contributed by atoms with E-state index in [4.69, 9.17) is 11.6 Å². The van der Waals surface area contributed by atoms with E-state index in [2.05, 4.69) is 17.1 Å². The van der Waals surface area contributed by atoms with Gasteiger partial charge in [-0.2, -0.15) is 0 Å². The molecule has 3 aromatic rings. The number of carbonyl (C=O) groups is 1. The standard InChI is InChI=1S/C21H21ClN2O/c22-18-8-3-1-7-17(18)20-10-5-13-24(20)21(25)12-11-15-14-23-19-9-4-2-6-16(15)19/h1-4,6-9,14,20,23H,5,10-13H2. The van der Waals surface area contributed by atoms with Crippen molar-refractivity contribution in [1.29, 1.82) is 0 Å². The fraction of sp³-hybridized carbons (Fsp3) is 0.286. The van der Waals surface area contributed by atoms with Crippen LogP contribution < -0.4 is 0 Å². The third-order valence-corrected chi connectivity index (χ3v) is 5.46. The maximum absolute atomic E-state index is 12.8. The smallest absolute Gasteiger partial charge is 0.223 e. The van der Waals surface area contributed by atoms with E-state index in [9.17, 15) is 4.79 Å². The van der Waals surface area contributed by atoms with Crippen LogP contribution >= 0.6 is 11.6 Å². The van der Waals surface area contributed by atoms with Crippen LogP contribution in [0, 0.1) is 0 Å². The molecule has 1 amide bonds. The number of rotatable bonds is 4. The molecule has 0 spiro atoms. The number of carbonyl (C=O) groups excluding carboxylic acids is 1. The molecule has 128 valence electrons. The van der Waals surface area contributed by atoms with Crippen LogP contribution in [-0.2, 0) is 11.2 Å². The predicted molar refractivity (Wildman–Crippen MR) is 102 cm³/mol. The maximum Gasteiger partial charge on any atom is 0.223 e. The van der Waals surface area contributed by atoms with Crippen molar-refractivity contribution in [2.45, 2.75) is 31.7 Å². The Morgan fingerprint density at radius 3 is 2.84 bits per heavy atom. The first-order valence-electron chi connectivity index (χ1n) is 8.83. The number of benzene rings is 2. The van der Waals surface area contributed by atoms with Crippen molar-refractivity contribution in [3.63, 3.8) is 0 Å². The van der Waals surface area contributed by atoms with Crippen molar-refractivity contribution in [1.82, 2.24) is 9.88 Å². The highest BCUT2D eigenvalue weighted by atomic mass is 35.5. The lowest BCUT2D eigenvalue weighted by molar-refractivity contribution is -0.132. The summed E-state index contributed by atoms with van der Waals surface area (Å²) in [5.41, 5.74) is 3.40. The van der Waals surface area contributed by atoms with Gasteiger partial charge in [0.1, 0.15) is 0 Å². The summed E-state index contributed by atoms with van der Waals surface area (Å²) in [6.07, 6.45) is 5.34. The first-order valence-corrected chi connectivity index (χ1v) is 9.21. The third-order valence-electron chi connectivity index (χ3n) is 5.12. The van der Waals surface area contributed by atoms with Gasteiger partial charge in [-0.15, -0.1) is 0 Å². The molecule has 25 heavy (non-hydrogen) atoms. The number of nitrogens with zero attached hydrogens (tertiary/aromatic N) is 1. The minimum atomic E-state index is 0.115. The van der Waals surface area contributed by atoms with Crippen LogP contribution in [0.5, 0.6) is 0 Å². The summed E-state index contributed by atoms with van der Waals surface area (Å²) in [6.45, 7) is 0.822. The number of para-hydroxylation sites is 1. The molecule has 0 aliphatic carbocycles. The average molecular weight is 353 g/mol. The van der Waals surface area contributed by atoms with Crippen LogP contribution in [0.25, 0.3) is 10.9 Å². The van der Waals surface area contributed by atoms with Gasteiger partial charge in [0.2, 0.25) is 5.91 Å². The molecular weight excluding hydrogens is 332 g/mol. The SMILES string of the molecule is O=C(CCc1c[nH]c2ccccc12)N1CCCC1c1ccccc1Cl. The molecule has 2 aromatic carbocycles. The monoisotopic (exact) mass is 352 g/mol. The molecule has 0 saturated carbocycles. The van der Waals surface area contributed by atoms with Gasteiger partial charge in [-0.25, -0.2) is 0 Å². The molecule has 1 aromatic heterocycles. The molecule has 0 bridgehead atoms. The second-order valence-corrected chi connectivity index (χ2v) is 7.03. The highest BCUT2D eigenvalue weighted by Crippen LogP contribution is 2.36. The maximum atomic E-state index is 12.8. The molecule has 1 atom stereocenters. The van der Waals surface area contributed by atoms with E-state index in [1.807, 2.05) is 47.5 Å². The van der Waals surface area contributed by atoms with E-state index in [1.165, 1.54) is 10.9 Å². The molecule has 4 rings (SSSR count). The van der Waals surface area contributed by atoms with E-state index in [0.29, 0.717) is 6.42 Å². The molecule has 1 N–H and O–H groups in total. The average Bonchev–Trinajstić information content (AvgIpc) is 3.27. The minimum absolute atomic E-state index is 0.115. The van der Waals surface area contributed by atoms with E-state index in [1.54, 1.807) is 0 Å². The number of aromatic nitrogens is 1. The number of hydrogen-bond acceptors (Lipinski definition) is 1. The second kappa shape index (κ2) is 6.93. The quantitative estimate of drug-likeness (QED) is 0.695. The largest absolute Gasteiger partial charge is 0.361 e. The second-order valence-electron chi connectivity index (χ2n) is 6.63. The van der Waals surface area contributed by atoms with Crippen LogP contribution in [0.1, 0.15) is 36.4 Å². The Labute approximate surface area is 152 Å². The third kappa shape index (κ3) is 3.16. The van der Waals surface area contributed by atoms with E-state index >= 15 is 0 Å². The van der Waals surface area contributed by atoms with E-state index in [-0.39, 0.29) is 11.9 Å². The summed E-state index contributed by atoms with van der Waals surface area (Å²) in [5.74, 6) is 0.215. The molecule has 1 fully saturated rings. The van der Waals surface area contributed by atoms with Gasteiger partial charge >= 0.3 is 0 Å². The summed E-state index contributed by atoms with van der Waals surface area (Å²) in [5, 5.41) is 1.96.